The Hall–Kier alpha value is -0.0900. The zero-order valence-corrected chi connectivity index (χ0v) is 18.1. The molecule has 142 valence electrons. The Balaban J connectivity index is 0.00000288. The van der Waals surface area contributed by atoms with Crippen molar-refractivity contribution in [1.29, 1.82) is 0 Å². The molecule has 1 atom stereocenters. The van der Waals surface area contributed by atoms with Gasteiger partial charge in [-0.2, -0.15) is 0 Å². The molecule has 0 aromatic rings. The van der Waals surface area contributed by atoms with Gasteiger partial charge in [0, 0.05) is 37.5 Å². The van der Waals surface area contributed by atoms with Gasteiger partial charge in [-0.05, 0) is 26.2 Å². The van der Waals surface area contributed by atoms with Gasteiger partial charge in [-0.1, -0.05) is 19.8 Å². The number of guanidine groups is 1. The van der Waals surface area contributed by atoms with Crippen LogP contribution in [0.4, 0.5) is 0 Å². The zero-order chi connectivity index (χ0) is 16.7. The van der Waals surface area contributed by atoms with Gasteiger partial charge < -0.3 is 10.6 Å². The van der Waals surface area contributed by atoms with Crippen LogP contribution in [-0.2, 0) is 9.84 Å². The van der Waals surface area contributed by atoms with E-state index in [4.69, 9.17) is 0 Å². The van der Waals surface area contributed by atoms with Crippen molar-refractivity contribution in [3.8, 4) is 0 Å². The molecule has 2 aliphatic rings. The number of rotatable bonds is 7. The molecule has 0 aromatic heterocycles. The number of halogens is 1. The molecule has 6 nitrogen and oxygen atoms in total. The van der Waals surface area contributed by atoms with E-state index in [1.165, 1.54) is 25.7 Å². The second-order valence-corrected chi connectivity index (χ2v) is 9.03. The minimum absolute atomic E-state index is 0. The highest BCUT2D eigenvalue weighted by Gasteiger charge is 2.30. The number of hydrogen-bond donors (Lipinski definition) is 2. The molecule has 1 heterocycles. The van der Waals surface area contributed by atoms with Crippen LogP contribution in [0.5, 0.6) is 0 Å². The summed E-state index contributed by atoms with van der Waals surface area (Å²) < 4.78 is 23.1. The molecule has 1 unspecified atom stereocenters. The lowest BCUT2D eigenvalue weighted by atomic mass is 10.2. The van der Waals surface area contributed by atoms with Crippen molar-refractivity contribution >= 4 is 39.8 Å². The van der Waals surface area contributed by atoms with Crippen LogP contribution in [0.1, 0.15) is 46.0 Å². The predicted octanol–water partition coefficient (Wildman–Crippen LogP) is 1.61. The van der Waals surface area contributed by atoms with Crippen LogP contribution in [0.2, 0.25) is 0 Å². The van der Waals surface area contributed by atoms with Gasteiger partial charge in [0.1, 0.15) is 0 Å². The smallest absolute Gasteiger partial charge is 0.191 e. The zero-order valence-electron chi connectivity index (χ0n) is 15.0. The van der Waals surface area contributed by atoms with Crippen molar-refractivity contribution < 1.29 is 8.42 Å². The van der Waals surface area contributed by atoms with Gasteiger partial charge in [0.05, 0.1) is 12.3 Å². The summed E-state index contributed by atoms with van der Waals surface area (Å²) in [6.45, 7) is 7.04. The quantitative estimate of drug-likeness (QED) is 0.335. The first-order chi connectivity index (χ1) is 11.0. The lowest BCUT2D eigenvalue weighted by Crippen LogP contribution is -2.45. The Morgan fingerprint density at radius 1 is 1.21 bits per heavy atom. The van der Waals surface area contributed by atoms with Crippen molar-refractivity contribution in [2.75, 3.05) is 37.7 Å². The lowest BCUT2D eigenvalue weighted by Gasteiger charge is -2.24. The van der Waals surface area contributed by atoms with Gasteiger partial charge in [-0.25, -0.2) is 8.42 Å². The number of aliphatic imine (C=N–C) groups is 1. The van der Waals surface area contributed by atoms with E-state index >= 15 is 0 Å². The molecule has 0 spiro atoms. The fraction of sp³-hybridized carbons (Fsp3) is 0.938. The third-order valence-corrected chi connectivity index (χ3v) is 6.54. The molecule has 0 radical (unpaired) electrons. The summed E-state index contributed by atoms with van der Waals surface area (Å²) in [5.41, 5.74) is 0. The molecule has 1 saturated carbocycles. The van der Waals surface area contributed by atoms with E-state index < -0.39 is 9.84 Å². The molecular formula is C16H33IN4O2S. The summed E-state index contributed by atoms with van der Waals surface area (Å²) in [5, 5.41) is 6.70. The second-order valence-electron chi connectivity index (χ2n) is 6.56. The average Bonchev–Trinajstić information content (AvgIpc) is 3.18. The Kier molecular flexibility index (Phi) is 9.88. The summed E-state index contributed by atoms with van der Waals surface area (Å²) in [6, 6.07) is 1.19. The Labute approximate surface area is 164 Å². The maximum Gasteiger partial charge on any atom is 0.191 e. The summed E-state index contributed by atoms with van der Waals surface area (Å²) in [7, 11) is -2.95. The maximum absolute atomic E-state index is 11.6. The number of likely N-dealkylation sites (tertiary alicyclic amines) is 1. The normalized spacial score (nSPS) is 23.2. The molecule has 0 bridgehead atoms. The van der Waals surface area contributed by atoms with Gasteiger partial charge in [0.15, 0.2) is 15.8 Å². The van der Waals surface area contributed by atoms with E-state index in [1.54, 1.807) is 6.92 Å². The molecule has 1 saturated heterocycles. The largest absolute Gasteiger partial charge is 0.357 e. The van der Waals surface area contributed by atoms with Crippen LogP contribution in [0.25, 0.3) is 0 Å². The maximum atomic E-state index is 11.6. The van der Waals surface area contributed by atoms with E-state index in [1.807, 2.05) is 6.92 Å². The van der Waals surface area contributed by atoms with Crippen LogP contribution >= 0.6 is 24.0 Å². The molecular weight excluding hydrogens is 439 g/mol. The highest BCUT2D eigenvalue weighted by atomic mass is 127. The highest BCUT2D eigenvalue weighted by Crippen LogP contribution is 2.26. The van der Waals surface area contributed by atoms with Gasteiger partial charge in [0.2, 0.25) is 0 Å². The van der Waals surface area contributed by atoms with E-state index in [0.717, 1.165) is 38.1 Å². The van der Waals surface area contributed by atoms with E-state index in [-0.39, 0.29) is 35.5 Å². The highest BCUT2D eigenvalue weighted by molar-refractivity contribution is 14.0. The van der Waals surface area contributed by atoms with Crippen molar-refractivity contribution in [3.63, 3.8) is 0 Å². The van der Waals surface area contributed by atoms with Crippen LogP contribution < -0.4 is 10.6 Å². The predicted molar refractivity (Wildman–Crippen MR) is 111 cm³/mol. The van der Waals surface area contributed by atoms with Crippen molar-refractivity contribution in [2.45, 2.75) is 58.0 Å². The Morgan fingerprint density at radius 2 is 1.92 bits per heavy atom. The molecule has 0 aromatic carbocycles. The molecule has 2 N–H and O–H groups in total. The first-order valence-corrected chi connectivity index (χ1v) is 10.9. The number of sulfone groups is 1. The van der Waals surface area contributed by atoms with Crippen LogP contribution in [0.3, 0.4) is 0 Å². The minimum atomic E-state index is -2.95. The van der Waals surface area contributed by atoms with Crippen LogP contribution in [-0.4, -0.2) is 69.0 Å². The first kappa shape index (κ1) is 22.0. The summed E-state index contributed by atoms with van der Waals surface area (Å²) in [4.78, 5) is 7.04. The molecule has 1 aliphatic heterocycles. The van der Waals surface area contributed by atoms with Gasteiger partial charge in [-0.3, -0.25) is 9.89 Å². The van der Waals surface area contributed by atoms with Gasteiger partial charge in [-0.15, -0.1) is 24.0 Å². The van der Waals surface area contributed by atoms with Crippen molar-refractivity contribution in [1.82, 2.24) is 15.5 Å². The molecule has 2 rings (SSSR count). The topological polar surface area (TPSA) is 73.8 Å². The molecule has 0 amide bonds. The van der Waals surface area contributed by atoms with Gasteiger partial charge in [0.25, 0.3) is 0 Å². The molecule has 24 heavy (non-hydrogen) atoms. The van der Waals surface area contributed by atoms with E-state index in [0.29, 0.717) is 12.6 Å². The number of nitrogens with one attached hydrogen (secondary N) is 2. The van der Waals surface area contributed by atoms with Crippen molar-refractivity contribution in [2.24, 2.45) is 4.99 Å². The van der Waals surface area contributed by atoms with E-state index in [2.05, 4.69) is 20.5 Å². The average molecular weight is 472 g/mol. The van der Waals surface area contributed by atoms with Crippen molar-refractivity contribution in [3.05, 3.63) is 0 Å². The second kappa shape index (κ2) is 10.8. The fourth-order valence-corrected chi connectivity index (χ4v) is 4.12. The third-order valence-electron chi connectivity index (χ3n) is 4.86. The number of nitrogens with zero attached hydrogens (tertiary/aromatic N) is 2. The Bertz CT molecular complexity index is 492. The SMILES string of the molecule is CCNC(=NCCS(=O)(=O)CC)NC1CCN(C2CCCC2)C1.I. The lowest BCUT2D eigenvalue weighted by molar-refractivity contribution is 0.242. The molecule has 1 aliphatic carbocycles. The van der Waals surface area contributed by atoms with Crippen LogP contribution in [0, 0.1) is 0 Å². The minimum Gasteiger partial charge on any atom is -0.357 e. The van der Waals surface area contributed by atoms with E-state index in [9.17, 15) is 8.42 Å². The summed E-state index contributed by atoms with van der Waals surface area (Å²) in [5.74, 6) is 1.06. The Morgan fingerprint density at radius 3 is 2.54 bits per heavy atom. The fourth-order valence-electron chi connectivity index (χ4n) is 3.46. The monoisotopic (exact) mass is 472 g/mol. The third kappa shape index (κ3) is 7.03. The summed E-state index contributed by atoms with van der Waals surface area (Å²) >= 11 is 0. The summed E-state index contributed by atoms with van der Waals surface area (Å²) in [6.07, 6.45) is 6.56. The first-order valence-electron chi connectivity index (χ1n) is 9.03. The van der Waals surface area contributed by atoms with Crippen LogP contribution in [0.15, 0.2) is 4.99 Å². The number of hydrogen-bond acceptors (Lipinski definition) is 4. The van der Waals surface area contributed by atoms with Gasteiger partial charge >= 0.3 is 0 Å². The standard InChI is InChI=1S/C16H32N4O2S.HI/c1-3-17-16(18-10-12-23(21,22)4-2)19-14-9-11-20(13-14)15-7-5-6-8-15;/h14-15H,3-13H2,1-2H3,(H2,17,18,19);1H. The molecule has 2 fully saturated rings. The molecule has 8 heteroatoms.